The summed E-state index contributed by atoms with van der Waals surface area (Å²) in [4.78, 5) is 27.6. The lowest BCUT2D eigenvalue weighted by Crippen LogP contribution is -2.49. The summed E-state index contributed by atoms with van der Waals surface area (Å²) in [5.41, 5.74) is 0.238. The van der Waals surface area contributed by atoms with Gasteiger partial charge in [0.2, 0.25) is 5.91 Å². The lowest BCUT2D eigenvalue weighted by atomic mass is 9.88. The molecule has 0 aliphatic carbocycles. The van der Waals surface area contributed by atoms with Gasteiger partial charge >= 0.3 is 0 Å². The van der Waals surface area contributed by atoms with Crippen molar-refractivity contribution in [2.75, 3.05) is 39.8 Å². The van der Waals surface area contributed by atoms with Crippen molar-refractivity contribution in [2.45, 2.75) is 56.7 Å². The van der Waals surface area contributed by atoms with E-state index >= 15 is 0 Å². The average molecular weight is 392 g/mol. The van der Waals surface area contributed by atoms with E-state index in [1.54, 1.807) is 10.9 Å². The number of amides is 1. The number of nitrogens with zero attached hydrogens (tertiary/aromatic N) is 4. The fourth-order valence-corrected chi connectivity index (χ4v) is 4.30. The van der Waals surface area contributed by atoms with Gasteiger partial charge in [-0.2, -0.15) is 5.10 Å². The summed E-state index contributed by atoms with van der Waals surface area (Å²) in [7, 11) is 2.13. The van der Waals surface area contributed by atoms with Crippen LogP contribution in [0.4, 0.5) is 0 Å². The van der Waals surface area contributed by atoms with Crippen molar-refractivity contribution in [2.24, 2.45) is 0 Å². The SMILES string of the molecule is CN(CCc1ccnn1CC=O)C1CCN(C(=O)CC2(O)CCNCC2)CC1. The lowest BCUT2D eigenvalue weighted by molar-refractivity contribution is -0.139. The molecule has 1 aromatic rings. The van der Waals surface area contributed by atoms with Crippen molar-refractivity contribution in [3.8, 4) is 0 Å². The van der Waals surface area contributed by atoms with E-state index in [0.29, 0.717) is 25.4 Å². The van der Waals surface area contributed by atoms with Gasteiger partial charge in [-0.05, 0) is 51.9 Å². The van der Waals surface area contributed by atoms with E-state index in [1.807, 2.05) is 11.0 Å². The van der Waals surface area contributed by atoms with Crippen molar-refractivity contribution in [1.82, 2.24) is 24.9 Å². The summed E-state index contributed by atoms with van der Waals surface area (Å²) in [6, 6.07) is 2.41. The van der Waals surface area contributed by atoms with Crippen molar-refractivity contribution in [1.29, 1.82) is 0 Å². The molecule has 8 heteroatoms. The third kappa shape index (κ3) is 5.40. The molecule has 28 heavy (non-hydrogen) atoms. The summed E-state index contributed by atoms with van der Waals surface area (Å²) >= 11 is 0. The van der Waals surface area contributed by atoms with Gasteiger partial charge in [-0.25, -0.2) is 0 Å². The minimum Gasteiger partial charge on any atom is -0.389 e. The van der Waals surface area contributed by atoms with Crippen molar-refractivity contribution >= 4 is 12.2 Å². The third-order valence-electron chi connectivity index (χ3n) is 6.23. The maximum atomic E-state index is 12.6. The van der Waals surface area contributed by atoms with E-state index in [4.69, 9.17) is 0 Å². The van der Waals surface area contributed by atoms with Gasteiger partial charge in [0.05, 0.1) is 18.6 Å². The quantitative estimate of drug-likeness (QED) is 0.609. The Labute approximate surface area is 166 Å². The highest BCUT2D eigenvalue weighted by molar-refractivity contribution is 5.77. The Morgan fingerprint density at radius 2 is 2.11 bits per heavy atom. The van der Waals surface area contributed by atoms with Gasteiger partial charge in [0.1, 0.15) is 6.29 Å². The zero-order valence-electron chi connectivity index (χ0n) is 16.8. The van der Waals surface area contributed by atoms with Crippen molar-refractivity contribution in [3.63, 3.8) is 0 Å². The fourth-order valence-electron chi connectivity index (χ4n) is 4.30. The number of carbonyl (C=O) groups is 2. The second-order valence-electron chi connectivity index (χ2n) is 8.17. The van der Waals surface area contributed by atoms with Gasteiger partial charge in [0.25, 0.3) is 0 Å². The number of aldehydes is 1. The first-order chi connectivity index (χ1) is 13.5. The molecule has 2 saturated heterocycles. The minimum absolute atomic E-state index is 0.0864. The molecule has 0 aromatic carbocycles. The van der Waals surface area contributed by atoms with Crippen LogP contribution in [0.15, 0.2) is 12.3 Å². The Hall–Kier alpha value is -1.77. The number of aromatic nitrogens is 2. The largest absolute Gasteiger partial charge is 0.389 e. The molecule has 0 unspecified atom stereocenters. The van der Waals surface area contributed by atoms with Gasteiger partial charge in [-0.1, -0.05) is 0 Å². The average Bonchev–Trinajstić information content (AvgIpc) is 3.14. The van der Waals surface area contributed by atoms with E-state index in [2.05, 4.69) is 22.4 Å². The number of hydrogen-bond acceptors (Lipinski definition) is 6. The number of nitrogens with one attached hydrogen (secondary N) is 1. The van der Waals surface area contributed by atoms with Crippen LogP contribution in [0.25, 0.3) is 0 Å². The van der Waals surface area contributed by atoms with Crippen LogP contribution in [0.3, 0.4) is 0 Å². The molecular weight excluding hydrogens is 358 g/mol. The zero-order valence-corrected chi connectivity index (χ0v) is 16.8. The van der Waals surface area contributed by atoms with Gasteiger partial charge in [0, 0.05) is 44.0 Å². The first-order valence-corrected chi connectivity index (χ1v) is 10.4. The second kappa shape index (κ2) is 9.62. The highest BCUT2D eigenvalue weighted by Crippen LogP contribution is 2.25. The van der Waals surface area contributed by atoms with Gasteiger partial charge < -0.3 is 25.0 Å². The van der Waals surface area contributed by atoms with Gasteiger partial charge in [-0.15, -0.1) is 0 Å². The normalized spacial score (nSPS) is 20.5. The van der Waals surface area contributed by atoms with E-state index < -0.39 is 5.60 Å². The smallest absolute Gasteiger partial charge is 0.225 e. The van der Waals surface area contributed by atoms with Crippen LogP contribution in [0, 0.1) is 0 Å². The molecule has 2 aliphatic heterocycles. The summed E-state index contributed by atoms with van der Waals surface area (Å²) in [6.45, 7) is 4.27. The Morgan fingerprint density at radius 1 is 1.39 bits per heavy atom. The molecule has 0 spiro atoms. The van der Waals surface area contributed by atoms with Crippen LogP contribution in [-0.2, 0) is 22.6 Å². The molecule has 0 atom stereocenters. The van der Waals surface area contributed by atoms with Crippen molar-refractivity contribution in [3.05, 3.63) is 18.0 Å². The maximum absolute atomic E-state index is 12.6. The number of rotatable bonds is 8. The van der Waals surface area contributed by atoms with E-state index in [9.17, 15) is 14.7 Å². The topological polar surface area (TPSA) is 90.7 Å². The number of piperidine rings is 2. The molecule has 156 valence electrons. The Balaban J connectivity index is 1.42. The third-order valence-corrected chi connectivity index (χ3v) is 6.23. The molecule has 2 fully saturated rings. The van der Waals surface area contributed by atoms with Crippen LogP contribution in [-0.4, -0.2) is 88.3 Å². The summed E-state index contributed by atoms with van der Waals surface area (Å²) < 4.78 is 1.74. The van der Waals surface area contributed by atoms with Crippen LogP contribution in [0.5, 0.6) is 0 Å². The molecule has 0 radical (unpaired) electrons. The van der Waals surface area contributed by atoms with E-state index in [-0.39, 0.29) is 12.3 Å². The molecule has 3 rings (SSSR count). The summed E-state index contributed by atoms with van der Waals surface area (Å²) in [5, 5.41) is 18.0. The lowest BCUT2D eigenvalue weighted by Gasteiger charge is -2.39. The number of likely N-dealkylation sites (tertiary alicyclic amines) is 1. The maximum Gasteiger partial charge on any atom is 0.225 e. The van der Waals surface area contributed by atoms with Crippen LogP contribution in [0.1, 0.15) is 37.8 Å². The molecular formula is C20H33N5O3. The number of hydrogen-bond donors (Lipinski definition) is 2. The molecule has 3 heterocycles. The molecule has 2 aliphatic rings. The van der Waals surface area contributed by atoms with Crippen LogP contribution < -0.4 is 5.32 Å². The Morgan fingerprint density at radius 3 is 2.79 bits per heavy atom. The first kappa shape index (κ1) is 21.0. The molecule has 0 bridgehead atoms. The summed E-state index contributed by atoms with van der Waals surface area (Å²) in [5.74, 6) is 0.0864. The monoisotopic (exact) mass is 391 g/mol. The standard InChI is InChI=1S/C20H33N5O3/c1-23(11-3-18-2-8-22-25(18)14-15-26)17-4-12-24(13-5-17)19(27)16-20(28)6-9-21-10-7-20/h2,8,15,17,21,28H,3-7,9-14,16H2,1H3. The highest BCUT2D eigenvalue weighted by atomic mass is 16.3. The Kier molecular flexibility index (Phi) is 7.20. The van der Waals surface area contributed by atoms with Crippen molar-refractivity contribution < 1.29 is 14.7 Å². The Bertz CT molecular complexity index is 648. The number of carbonyl (C=O) groups excluding carboxylic acids is 2. The molecule has 0 saturated carbocycles. The van der Waals surface area contributed by atoms with Crippen LogP contribution in [0.2, 0.25) is 0 Å². The number of aliphatic hydroxyl groups is 1. The summed E-state index contributed by atoms with van der Waals surface area (Å²) in [6.07, 6.45) is 6.91. The predicted octanol–water partition coefficient (Wildman–Crippen LogP) is 0.0519. The molecule has 1 amide bonds. The zero-order chi connectivity index (χ0) is 20.0. The van der Waals surface area contributed by atoms with E-state index in [1.165, 1.54) is 0 Å². The second-order valence-corrected chi connectivity index (χ2v) is 8.17. The number of likely N-dealkylation sites (N-methyl/N-ethyl adjacent to an activating group) is 1. The van der Waals surface area contributed by atoms with E-state index in [0.717, 1.165) is 64.0 Å². The van der Waals surface area contributed by atoms with Gasteiger partial charge in [0.15, 0.2) is 0 Å². The first-order valence-electron chi connectivity index (χ1n) is 10.4. The van der Waals surface area contributed by atoms with Crippen LogP contribution >= 0.6 is 0 Å². The molecule has 2 N–H and O–H groups in total. The molecule has 8 nitrogen and oxygen atoms in total. The highest BCUT2D eigenvalue weighted by Gasteiger charge is 2.34. The predicted molar refractivity (Wildman–Crippen MR) is 106 cm³/mol. The molecule has 1 aromatic heterocycles. The van der Waals surface area contributed by atoms with Gasteiger partial charge in [-0.3, -0.25) is 9.48 Å². The fraction of sp³-hybridized carbons (Fsp3) is 0.750. The minimum atomic E-state index is -0.833.